The van der Waals surface area contributed by atoms with Crippen molar-refractivity contribution < 1.29 is 0 Å². The van der Waals surface area contributed by atoms with E-state index in [4.69, 9.17) is 12.6 Å². The summed E-state index contributed by atoms with van der Waals surface area (Å²) < 4.78 is 0. The summed E-state index contributed by atoms with van der Waals surface area (Å²) in [6.07, 6.45) is 14.6. The molecule has 0 amide bonds. The van der Waals surface area contributed by atoms with E-state index < -0.39 is 0 Å². The van der Waals surface area contributed by atoms with Gasteiger partial charge in [-0.2, -0.15) is 12.6 Å². The molecule has 0 aromatic heterocycles. The first kappa shape index (κ1) is 13.3. The zero-order valence-electron chi connectivity index (χ0n) is 11.7. The minimum atomic E-state index is 0.553. The fourth-order valence-electron chi connectivity index (χ4n) is 3.69. The molecular weight excluding hydrogens is 238 g/mol. The van der Waals surface area contributed by atoms with E-state index in [0.717, 1.165) is 17.7 Å². The van der Waals surface area contributed by atoms with Crippen molar-refractivity contribution in [2.75, 3.05) is 18.8 Å². The fourth-order valence-corrected chi connectivity index (χ4v) is 4.11. The molecule has 3 aliphatic carbocycles. The molecule has 0 heterocycles. The Morgan fingerprint density at radius 3 is 2.11 bits per heavy atom. The Morgan fingerprint density at radius 1 is 0.944 bits per heavy atom. The van der Waals surface area contributed by atoms with E-state index in [1.807, 2.05) is 0 Å². The van der Waals surface area contributed by atoms with E-state index in [2.05, 4.69) is 4.90 Å². The number of hydrogen-bond acceptors (Lipinski definition) is 2. The number of hydrogen-bond donors (Lipinski definition) is 1. The highest BCUT2D eigenvalue weighted by molar-refractivity contribution is 7.80. The summed E-state index contributed by atoms with van der Waals surface area (Å²) in [5, 5.41) is 0. The van der Waals surface area contributed by atoms with Crippen LogP contribution in [0.5, 0.6) is 0 Å². The summed E-state index contributed by atoms with van der Waals surface area (Å²) in [6, 6.07) is 0.950. The van der Waals surface area contributed by atoms with E-state index >= 15 is 0 Å². The van der Waals surface area contributed by atoms with Crippen molar-refractivity contribution in [2.45, 2.75) is 70.3 Å². The minimum Gasteiger partial charge on any atom is -0.300 e. The number of nitrogens with zero attached hydrogens (tertiary/aromatic N) is 1. The summed E-state index contributed by atoms with van der Waals surface area (Å²) >= 11 is 4.74. The van der Waals surface area contributed by atoms with Gasteiger partial charge in [0.1, 0.15) is 0 Å². The molecule has 0 aromatic rings. The lowest BCUT2D eigenvalue weighted by atomic mass is 9.81. The van der Waals surface area contributed by atoms with Crippen molar-refractivity contribution in [3.63, 3.8) is 0 Å². The van der Waals surface area contributed by atoms with Gasteiger partial charge in [-0.25, -0.2) is 0 Å². The van der Waals surface area contributed by atoms with Crippen LogP contribution in [0.4, 0.5) is 0 Å². The average Bonchev–Trinajstić information content (AvgIpc) is 3.23. The Morgan fingerprint density at radius 2 is 1.61 bits per heavy atom. The van der Waals surface area contributed by atoms with Crippen molar-refractivity contribution in [3.8, 4) is 0 Å². The molecule has 0 radical (unpaired) electrons. The van der Waals surface area contributed by atoms with E-state index in [-0.39, 0.29) is 0 Å². The summed E-state index contributed by atoms with van der Waals surface area (Å²) in [4.78, 5) is 2.86. The standard InChI is InChI=1S/C16H29NS/c18-13-16(9-3-1-2-4-10-16)12-17(15-7-8-15)11-14-5-6-14/h14-15,18H,1-13H2. The van der Waals surface area contributed by atoms with Gasteiger partial charge in [-0.3, -0.25) is 4.90 Å². The Balaban J connectivity index is 1.61. The van der Waals surface area contributed by atoms with E-state index in [1.54, 1.807) is 0 Å². The van der Waals surface area contributed by atoms with Crippen LogP contribution in [0.25, 0.3) is 0 Å². The summed E-state index contributed by atoms with van der Waals surface area (Å²) in [6.45, 7) is 2.76. The predicted molar refractivity (Wildman–Crippen MR) is 81.3 cm³/mol. The van der Waals surface area contributed by atoms with Gasteiger partial charge < -0.3 is 0 Å². The monoisotopic (exact) mass is 267 g/mol. The molecule has 0 N–H and O–H groups in total. The van der Waals surface area contributed by atoms with Crippen LogP contribution in [-0.4, -0.2) is 29.8 Å². The topological polar surface area (TPSA) is 3.24 Å². The second-order valence-electron chi connectivity index (χ2n) is 7.18. The van der Waals surface area contributed by atoms with Crippen LogP contribution in [0.2, 0.25) is 0 Å². The molecule has 104 valence electrons. The van der Waals surface area contributed by atoms with Gasteiger partial charge in [-0.05, 0) is 55.6 Å². The Bertz CT molecular complexity index is 262. The summed E-state index contributed by atoms with van der Waals surface area (Å²) in [7, 11) is 0. The normalized spacial score (nSPS) is 28.3. The summed E-state index contributed by atoms with van der Waals surface area (Å²) in [5.74, 6) is 2.16. The molecule has 3 fully saturated rings. The van der Waals surface area contributed by atoms with Crippen molar-refractivity contribution >= 4 is 12.6 Å². The third-order valence-electron chi connectivity index (χ3n) is 5.29. The maximum absolute atomic E-state index is 4.74. The Labute approximate surface area is 118 Å². The van der Waals surface area contributed by atoms with Crippen LogP contribution in [0.1, 0.15) is 64.2 Å². The predicted octanol–water partition coefficient (Wildman–Crippen LogP) is 4.13. The van der Waals surface area contributed by atoms with Crippen molar-refractivity contribution in [1.82, 2.24) is 4.90 Å². The average molecular weight is 267 g/mol. The molecule has 0 spiro atoms. The molecule has 0 bridgehead atoms. The summed E-state index contributed by atoms with van der Waals surface area (Å²) in [5.41, 5.74) is 0.553. The number of rotatable bonds is 6. The minimum absolute atomic E-state index is 0.553. The molecule has 3 saturated carbocycles. The first-order valence-corrected chi connectivity index (χ1v) is 8.79. The van der Waals surface area contributed by atoms with Crippen LogP contribution in [0, 0.1) is 11.3 Å². The van der Waals surface area contributed by atoms with Crippen LogP contribution >= 0.6 is 12.6 Å². The fraction of sp³-hybridized carbons (Fsp3) is 1.00. The molecule has 0 aromatic carbocycles. The smallest absolute Gasteiger partial charge is 0.00967 e. The third-order valence-corrected chi connectivity index (χ3v) is 5.96. The van der Waals surface area contributed by atoms with E-state index in [9.17, 15) is 0 Å². The molecule has 1 nitrogen and oxygen atoms in total. The highest BCUT2D eigenvalue weighted by Crippen LogP contribution is 2.41. The molecule has 0 aliphatic heterocycles. The largest absolute Gasteiger partial charge is 0.300 e. The first-order valence-electron chi connectivity index (χ1n) is 8.16. The van der Waals surface area contributed by atoms with Crippen molar-refractivity contribution in [3.05, 3.63) is 0 Å². The van der Waals surface area contributed by atoms with E-state index in [1.165, 1.54) is 77.3 Å². The van der Waals surface area contributed by atoms with Crippen LogP contribution in [0.15, 0.2) is 0 Å². The molecule has 18 heavy (non-hydrogen) atoms. The highest BCUT2D eigenvalue weighted by Gasteiger charge is 2.39. The molecular formula is C16H29NS. The van der Waals surface area contributed by atoms with Gasteiger partial charge in [-0.1, -0.05) is 25.7 Å². The van der Waals surface area contributed by atoms with E-state index in [0.29, 0.717) is 5.41 Å². The highest BCUT2D eigenvalue weighted by atomic mass is 32.1. The first-order chi connectivity index (χ1) is 8.81. The second-order valence-corrected chi connectivity index (χ2v) is 7.49. The Hall–Kier alpha value is 0.310. The van der Waals surface area contributed by atoms with Crippen molar-refractivity contribution in [1.29, 1.82) is 0 Å². The maximum Gasteiger partial charge on any atom is 0.00967 e. The lowest BCUT2D eigenvalue weighted by Gasteiger charge is -2.37. The van der Waals surface area contributed by atoms with Gasteiger partial charge in [0.05, 0.1) is 0 Å². The third kappa shape index (κ3) is 3.45. The molecule has 0 saturated heterocycles. The lowest BCUT2D eigenvalue weighted by Crippen LogP contribution is -2.41. The zero-order chi connectivity index (χ0) is 12.4. The molecule has 0 unspecified atom stereocenters. The molecule has 2 heteroatoms. The molecule has 3 aliphatic rings. The van der Waals surface area contributed by atoms with Crippen LogP contribution in [0.3, 0.4) is 0 Å². The molecule has 0 atom stereocenters. The quantitative estimate of drug-likeness (QED) is 0.559. The lowest BCUT2D eigenvalue weighted by molar-refractivity contribution is 0.139. The SMILES string of the molecule is SCC1(CN(CC2CC2)C2CC2)CCCCCC1. The van der Waals surface area contributed by atoms with Crippen LogP contribution in [-0.2, 0) is 0 Å². The zero-order valence-corrected chi connectivity index (χ0v) is 12.6. The van der Waals surface area contributed by atoms with Crippen LogP contribution < -0.4 is 0 Å². The van der Waals surface area contributed by atoms with Gasteiger partial charge in [0.25, 0.3) is 0 Å². The Kier molecular flexibility index (Phi) is 4.25. The van der Waals surface area contributed by atoms with Gasteiger partial charge in [-0.15, -0.1) is 0 Å². The second kappa shape index (κ2) is 5.75. The molecule has 3 rings (SSSR count). The number of thiol groups is 1. The van der Waals surface area contributed by atoms with Crippen molar-refractivity contribution in [2.24, 2.45) is 11.3 Å². The van der Waals surface area contributed by atoms with Gasteiger partial charge in [0.2, 0.25) is 0 Å². The van der Waals surface area contributed by atoms with Gasteiger partial charge in [0, 0.05) is 19.1 Å². The van der Waals surface area contributed by atoms with Gasteiger partial charge >= 0.3 is 0 Å². The maximum atomic E-state index is 4.74. The van der Waals surface area contributed by atoms with Gasteiger partial charge in [0.15, 0.2) is 0 Å².